The number of piperidine rings is 1. The fourth-order valence-corrected chi connectivity index (χ4v) is 6.61. The van der Waals surface area contributed by atoms with Crippen molar-refractivity contribution in [3.05, 3.63) is 130 Å². The topological polar surface area (TPSA) is 93.9 Å². The molecule has 0 saturated carbocycles. The molecule has 0 radical (unpaired) electrons. The number of ether oxygens (including phenoxy) is 2. The maximum Gasteiger partial charge on any atom is 0.338 e. The first-order chi connectivity index (χ1) is 21.8. The highest BCUT2D eigenvalue weighted by atomic mass is 19.3. The van der Waals surface area contributed by atoms with Gasteiger partial charge in [0.1, 0.15) is 12.4 Å². The number of likely N-dealkylation sites (tertiary alicyclic amines) is 1. The quantitative estimate of drug-likeness (QED) is 0.273. The van der Waals surface area contributed by atoms with E-state index in [1.807, 2.05) is 12.1 Å². The number of dihydropyridines is 1. The molecular weight excluding hydrogens is 576 g/mol. The van der Waals surface area contributed by atoms with Crippen molar-refractivity contribution in [1.29, 1.82) is 0 Å². The molecule has 0 aromatic heterocycles. The maximum atomic E-state index is 14.1. The Bertz CT molecular complexity index is 1520. The number of hydrogen-bond donors (Lipinski definition) is 2. The fourth-order valence-electron chi connectivity index (χ4n) is 6.61. The highest BCUT2D eigenvalue weighted by Gasteiger charge is 2.41. The van der Waals surface area contributed by atoms with Gasteiger partial charge in [-0.2, -0.15) is 0 Å². The largest absolute Gasteiger partial charge is 0.463 e. The standard InChI is InChI=1S/C36H39F2N3O4/c1-3-44-35(43)31-30(27-16-10-11-17-28(27)32(37)38)29(24(2)40-33(31)39)34(42)45-23-22-41-20-18-36(19-21-41,25-12-6-4-7-13-25)26-14-8-5-9-15-26/h4-17,30,32,40H,3,18-23,39H2,1-2H3. The summed E-state index contributed by atoms with van der Waals surface area (Å²) in [5.41, 5.74) is 8.75. The van der Waals surface area contributed by atoms with Crippen LogP contribution in [0.5, 0.6) is 0 Å². The maximum absolute atomic E-state index is 14.1. The van der Waals surface area contributed by atoms with Crippen LogP contribution in [0.3, 0.4) is 0 Å². The highest BCUT2D eigenvalue weighted by Crippen LogP contribution is 2.43. The molecule has 1 atom stereocenters. The van der Waals surface area contributed by atoms with E-state index in [1.165, 1.54) is 29.3 Å². The van der Waals surface area contributed by atoms with Crippen molar-refractivity contribution in [3.8, 4) is 0 Å². The van der Waals surface area contributed by atoms with Crippen LogP contribution in [0.1, 0.15) is 61.3 Å². The van der Waals surface area contributed by atoms with Crippen molar-refractivity contribution in [2.24, 2.45) is 5.73 Å². The molecule has 0 bridgehead atoms. The minimum Gasteiger partial charge on any atom is -0.463 e. The second-order valence-electron chi connectivity index (χ2n) is 11.4. The average Bonchev–Trinajstić information content (AvgIpc) is 3.05. The van der Waals surface area contributed by atoms with E-state index >= 15 is 0 Å². The molecule has 2 heterocycles. The predicted octanol–water partition coefficient (Wildman–Crippen LogP) is 5.94. The minimum atomic E-state index is -2.84. The lowest BCUT2D eigenvalue weighted by atomic mass is 9.68. The van der Waals surface area contributed by atoms with Crippen LogP contribution < -0.4 is 11.1 Å². The second-order valence-corrected chi connectivity index (χ2v) is 11.4. The molecule has 3 aromatic carbocycles. The van der Waals surface area contributed by atoms with Crippen molar-refractivity contribution in [2.45, 2.75) is 44.4 Å². The number of halogens is 2. The normalized spacial score (nSPS) is 18.5. The molecule has 7 nitrogen and oxygen atoms in total. The van der Waals surface area contributed by atoms with Gasteiger partial charge in [0.15, 0.2) is 0 Å². The van der Waals surface area contributed by atoms with Crippen LogP contribution >= 0.6 is 0 Å². The van der Waals surface area contributed by atoms with Crippen molar-refractivity contribution in [1.82, 2.24) is 10.2 Å². The fraction of sp³-hybridized carbons (Fsp3) is 0.333. The summed E-state index contributed by atoms with van der Waals surface area (Å²) in [4.78, 5) is 29.0. The van der Waals surface area contributed by atoms with E-state index in [4.69, 9.17) is 15.2 Å². The SMILES string of the molecule is CCOC(=O)C1=C(N)NC(C)=C(C(=O)OCCN2CCC(c3ccccc3)(c3ccccc3)CC2)C1c1ccccc1C(F)F. The third kappa shape index (κ3) is 6.63. The van der Waals surface area contributed by atoms with Gasteiger partial charge >= 0.3 is 11.9 Å². The number of carbonyl (C=O) groups is 2. The Morgan fingerprint density at radius 2 is 1.44 bits per heavy atom. The van der Waals surface area contributed by atoms with Crippen LogP contribution in [0.2, 0.25) is 0 Å². The summed E-state index contributed by atoms with van der Waals surface area (Å²) in [6.07, 6.45) is -1.03. The zero-order chi connectivity index (χ0) is 32.0. The number of rotatable bonds is 10. The van der Waals surface area contributed by atoms with E-state index in [0.717, 1.165) is 25.9 Å². The molecule has 45 heavy (non-hydrogen) atoms. The van der Waals surface area contributed by atoms with Gasteiger partial charge in [-0.3, -0.25) is 4.90 Å². The lowest BCUT2D eigenvalue weighted by molar-refractivity contribution is -0.140. The summed E-state index contributed by atoms with van der Waals surface area (Å²) in [5, 5.41) is 2.87. The van der Waals surface area contributed by atoms with Crippen LogP contribution in [0, 0.1) is 0 Å². The molecule has 0 aliphatic carbocycles. The van der Waals surface area contributed by atoms with E-state index in [-0.39, 0.29) is 46.7 Å². The first-order valence-electron chi connectivity index (χ1n) is 15.3. The van der Waals surface area contributed by atoms with E-state index in [0.29, 0.717) is 12.2 Å². The Kier molecular flexibility index (Phi) is 9.98. The van der Waals surface area contributed by atoms with E-state index in [9.17, 15) is 18.4 Å². The molecule has 0 amide bonds. The summed E-state index contributed by atoms with van der Waals surface area (Å²) in [6.45, 7) is 5.51. The molecule has 1 saturated heterocycles. The number of carbonyl (C=O) groups excluding carboxylic acids is 2. The van der Waals surface area contributed by atoms with Gasteiger partial charge in [0, 0.05) is 23.2 Å². The number of nitrogens with two attached hydrogens (primary N) is 1. The van der Waals surface area contributed by atoms with Gasteiger partial charge in [0.2, 0.25) is 0 Å². The van der Waals surface area contributed by atoms with Crippen LogP contribution in [-0.4, -0.2) is 49.7 Å². The summed E-state index contributed by atoms with van der Waals surface area (Å²) >= 11 is 0. The lowest BCUT2D eigenvalue weighted by Gasteiger charge is -2.43. The lowest BCUT2D eigenvalue weighted by Crippen LogP contribution is -2.44. The summed E-state index contributed by atoms with van der Waals surface area (Å²) < 4.78 is 39.3. The zero-order valence-corrected chi connectivity index (χ0v) is 25.6. The van der Waals surface area contributed by atoms with Gasteiger partial charge in [-0.15, -0.1) is 0 Å². The highest BCUT2D eigenvalue weighted by molar-refractivity contribution is 6.00. The second kappa shape index (κ2) is 14.1. The molecular formula is C36H39F2N3O4. The van der Waals surface area contributed by atoms with Crippen molar-refractivity contribution < 1.29 is 27.8 Å². The van der Waals surface area contributed by atoms with Crippen molar-refractivity contribution >= 4 is 11.9 Å². The number of nitrogens with zero attached hydrogens (tertiary/aromatic N) is 1. The number of hydrogen-bond acceptors (Lipinski definition) is 7. The van der Waals surface area contributed by atoms with E-state index in [1.54, 1.807) is 19.9 Å². The molecule has 3 N–H and O–H groups in total. The van der Waals surface area contributed by atoms with Gasteiger partial charge in [0.05, 0.1) is 23.7 Å². The number of alkyl halides is 2. The smallest absolute Gasteiger partial charge is 0.338 e. The first kappa shape index (κ1) is 31.9. The monoisotopic (exact) mass is 615 g/mol. The van der Waals surface area contributed by atoms with Crippen molar-refractivity contribution in [2.75, 3.05) is 32.8 Å². The molecule has 9 heteroatoms. The van der Waals surface area contributed by atoms with Gasteiger partial charge in [-0.1, -0.05) is 84.9 Å². The molecule has 2 aliphatic heterocycles. The Morgan fingerprint density at radius 3 is 2.02 bits per heavy atom. The summed E-state index contributed by atoms with van der Waals surface area (Å²) in [6, 6.07) is 26.9. The zero-order valence-electron chi connectivity index (χ0n) is 25.6. The summed E-state index contributed by atoms with van der Waals surface area (Å²) in [5.74, 6) is -2.73. The number of benzene rings is 3. The van der Waals surface area contributed by atoms with E-state index in [2.05, 4.69) is 58.7 Å². The van der Waals surface area contributed by atoms with Gasteiger partial charge < -0.3 is 20.5 Å². The third-order valence-corrected chi connectivity index (χ3v) is 8.85. The van der Waals surface area contributed by atoms with E-state index < -0.39 is 24.3 Å². The van der Waals surface area contributed by atoms with Crippen LogP contribution in [-0.2, 0) is 24.5 Å². The minimum absolute atomic E-state index is 0.0474. The number of nitrogens with one attached hydrogen (secondary N) is 1. The van der Waals surface area contributed by atoms with Crippen LogP contribution in [0.25, 0.3) is 0 Å². The van der Waals surface area contributed by atoms with Crippen LogP contribution in [0.15, 0.2) is 108 Å². The molecule has 1 unspecified atom stereocenters. The first-order valence-corrected chi connectivity index (χ1v) is 15.3. The summed E-state index contributed by atoms with van der Waals surface area (Å²) in [7, 11) is 0. The van der Waals surface area contributed by atoms with Gasteiger partial charge in [-0.05, 0) is 56.5 Å². The molecule has 1 fully saturated rings. The molecule has 0 spiro atoms. The van der Waals surface area contributed by atoms with Crippen molar-refractivity contribution in [3.63, 3.8) is 0 Å². The Morgan fingerprint density at radius 1 is 0.889 bits per heavy atom. The molecule has 5 rings (SSSR count). The van der Waals surface area contributed by atoms with Crippen LogP contribution in [0.4, 0.5) is 8.78 Å². The molecule has 236 valence electrons. The van der Waals surface area contributed by atoms with Gasteiger partial charge in [-0.25, -0.2) is 18.4 Å². The third-order valence-electron chi connectivity index (χ3n) is 8.85. The predicted molar refractivity (Wildman–Crippen MR) is 168 cm³/mol. The van der Waals surface area contributed by atoms with Gasteiger partial charge in [0.25, 0.3) is 6.43 Å². The Balaban J connectivity index is 1.32. The molecule has 2 aliphatic rings. The number of esters is 2. The number of allylic oxidation sites excluding steroid dienone is 1. The molecule has 3 aromatic rings. The average molecular weight is 616 g/mol. The Hall–Kier alpha value is -4.50. The Labute approximate surface area is 262 Å².